The van der Waals surface area contributed by atoms with Crippen LogP contribution in [-0.2, 0) is 4.79 Å². The molecular weight excluding hydrogens is 419 g/mol. The van der Waals surface area contributed by atoms with Gasteiger partial charge in [0.15, 0.2) is 0 Å². The van der Waals surface area contributed by atoms with Crippen LogP contribution in [0.25, 0.3) is 16.9 Å². The lowest BCUT2D eigenvalue weighted by Gasteiger charge is -2.38. The molecule has 0 bridgehead atoms. The number of hydrogen-bond donors (Lipinski definition) is 0. The summed E-state index contributed by atoms with van der Waals surface area (Å²) in [4.78, 5) is 29.8. The SMILES string of the molecule is Cc1ccc(-c2nn(-c3ccc(F)cc3)cc2C(=O)N2CCN(C(=O)C3CCC3)CC2)cc1. The van der Waals surface area contributed by atoms with Crippen molar-refractivity contribution in [2.24, 2.45) is 5.92 Å². The van der Waals surface area contributed by atoms with Crippen LogP contribution in [0.2, 0.25) is 0 Å². The Kier molecular flexibility index (Phi) is 5.70. The first-order valence-electron chi connectivity index (χ1n) is 11.5. The highest BCUT2D eigenvalue weighted by Crippen LogP contribution is 2.29. The summed E-state index contributed by atoms with van der Waals surface area (Å²) in [6.45, 7) is 4.15. The van der Waals surface area contributed by atoms with Gasteiger partial charge in [0.1, 0.15) is 11.5 Å². The fraction of sp³-hybridized carbons (Fsp3) is 0.346. The maximum atomic E-state index is 13.5. The third kappa shape index (κ3) is 4.27. The molecule has 2 aliphatic rings. The van der Waals surface area contributed by atoms with Crippen LogP contribution in [-0.4, -0.2) is 57.6 Å². The summed E-state index contributed by atoms with van der Waals surface area (Å²) < 4.78 is 15.0. The predicted octanol–water partition coefficient (Wildman–Crippen LogP) is 4.07. The van der Waals surface area contributed by atoms with Crippen LogP contribution in [0.5, 0.6) is 0 Å². The molecule has 6 nitrogen and oxygen atoms in total. The highest BCUT2D eigenvalue weighted by Gasteiger charge is 2.33. The Labute approximate surface area is 192 Å². The van der Waals surface area contributed by atoms with E-state index in [1.54, 1.807) is 27.9 Å². The van der Waals surface area contributed by atoms with Crippen molar-refractivity contribution in [3.63, 3.8) is 0 Å². The number of piperazine rings is 1. The minimum atomic E-state index is -0.324. The van der Waals surface area contributed by atoms with E-state index in [-0.39, 0.29) is 23.5 Å². The van der Waals surface area contributed by atoms with Gasteiger partial charge in [-0.15, -0.1) is 0 Å². The first-order valence-corrected chi connectivity index (χ1v) is 11.5. The molecule has 3 aromatic rings. The Bertz CT molecular complexity index is 1160. The lowest BCUT2D eigenvalue weighted by Crippen LogP contribution is -2.52. The lowest BCUT2D eigenvalue weighted by molar-refractivity contribution is -0.139. The van der Waals surface area contributed by atoms with Gasteiger partial charge in [0.05, 0.1) is 11.3 Å². The zero-order chi connectivity index (χ0) is 22.9. The molecule has 0 radical (unpaired) electrons. The second kappa shape index (κ2) is 8.81. The van der Waals surface area contributed by atoms with E-state index in [9.17, 15) is 14.0 Å². The molecule has 0 N–H and O–H groups in total. The fourth-order valence-corrected chi connectivity index (χ4v) is 4.39. The van der Waals surface area contributed by atoms with Gasteiger partial charge in [-0.3, -0.25) is 9.59 Å². The van der Waals surface area contributed by atoms with Gasteiger partial charge in [0, 0.05) is 43.9 Å². The number of rotatable bonds is 4. The minimum absolute atomic E-state index is 0.102. The summed E-state index contributed by atoms with van der Waals surface area (Å²) in [7, 11) is 0. The summed E-state index contributed by atoms with van der Waals surface area (Å²) in [5.41, 5.74) is 3.75. The van der Waals surface area contributed by atoms with Crippen molar-refractivity contribution < 1.29 is 14.0 Å². The molecule has 2 heterocycles. The zero-order valence-electron chi connectivity index (χ0n) is 18.7. The van der Waals surface area contributed by atoms with Gasteiger partial charge in [-0.05, 0) is 44.0 Å². The monoisotopic (exact) mass is 446 g/mol. The molecule has 0 spiro atoms. The van der Waals surface area contributed by atoms with Crippen LogP contribution in [0.3, 0.4) is 0 Å². The number of nitrogens with zero attached hydrogens (tertiary/aromatic N) is 4. The first kappa shape index (κ1) is 21.4. The molecule has 1 aliphatic carbocycles. The fourth-order valence-electron chi connectivity index (χ4n) is 4.39. The molecule has 0 unspecified atom stereocenters. The quantitative estimate of drug-likeness (QED) is 0.607. The summed E-state index contributed by atoms with van der Waals surface area (Å²) >= 11 is 0. The summed E-state index contributed by atoms with van der Waals surface area (Å²) in [6.07, 6.45) is 4.83. The van der Waals surface area contributed by atoms with Gasteiger partial charge >= 0.3 is 0 Å². The van der Waals surface area contributed by atoms with Gasteiger partial charge in [-0.1, -0.05) is 36.2 Å². The molecule has 1 saturated carbocycles. The molecule has 33 heavy (non-hydrogen) atoms. The van der Waals surface area contributed by atoms with E-state index in [2.05, 4.69) is 0 Å². The van der Waals surface area contributed by atoms with E-state index < -0.39 is 0 Å². The maximum absolute atomic E-state index is 13.5. The Balaban J connectivity index is 1.41. The molecule has 170 valence electrons. The summed E-state index contributed by atoms with van der Waals surface area (Å²) in [6, 6.07) is 13.9. The van der Waals surface area contributed by atoms with Gasteiger partial charge < -0.3 is 9.80 Å². The van der Waals surface area contributed by atoms with Crippen LogP contribution in [0.1, 0.15) is 35.2 Å². The van der Waals surface area contributed by atoms with E-state index in [1.165, 1.54) is 12.1 Å². The highest BCUT2D eigenvalue weighted by atomic mass is 19.1. The van der Waals surface area contributed by atoms with E-state index in [0.717, 1.165) is 30.4 Å². The standard InChI is InChI=1S/C26H27FN4O2/c1-18-5-7-19(8-6-18)24-23(17-31(28-24)22-11-9-21(27)10-12-22)26(33)30-15-13-29(14-16-30)25(32)20-3-2-4-20/h5-12,17,20H,2-4,13-16H2,1H3. The first-order chi connectivity index (χ1) is 16.0. The van der Waals surface area contributed by atoms with Crippen molar-refractivity contribution in [2.75, 3.05) is 26.2 Å². The van der Waals surface area contributed by atoms with Crippen molar-refractivity contribution in [1.29, 1.82) is 0 Å². The molecule has 1 saturated heterocycles. The van der Waals surface area contributed by atoms with Gasteiger partial charge in [0.2, 0.25) is 5.91 Å². The molecule has 1 aromatic heterocycles. The third-order valence-electron chi connectivity index (χ3n) is 6.69. The van der Waals surface area contributed by atoms with Crippen molar-refractivity contribution in [3.05, 3.63) is 71.7 Å². The van der Waals surface area contributed by atoms with Gasteiger partial charge in [-0.25, -0.2) is 9.07 Å². The summed E-state index contributed by atoms with van der Waals surface area (Å²) in [5, 5.41) is 4.69. The Morgan fingerprint density at radius 1 is 0.909 bits per heavy atom. The molecule has 7 heteroatoms. The van der Waals surface area contributed by atoms with Crippen LogP contribution in [0, 0.1) is 18.7 Å². The molecule has 2 aromatic carbocycles. The molecular formula is C26H27FN4O2. The number of benzene rings is 2. The lowest BCUT2D eigenvalue weighted by atomic mass is 9.84. The number of carbonyl (C=O) groups excluding carboxylic acids is 2. The zero-order valence-corrected chi connectivity index (χ0v) is 18.7. The largest absolute Gasteiger partial charge is 0.339 e. The number of aromatic nitrogens is 2. The third-order valence-corrected chi connectivity index (χ3v) is 6.69. The molecule has 0 atom stereocenters. The summed E-state index contributed by atoms with van der Waals surface area (Å²) in [5.74, 6) is -0.0166. The highest BCUT2D eigenvalue weighted by molar-refractivity contribution is 6.00. The number of amides is 2. The maximum Gasteiger partial charge on any atom is 0.257 e. The van der Waals surface area contributed by atoms with E-state index in [0.29, 0.717) is 43.1 Å². The number of hydrogen-bond acceptors (Lipinski definition) is 3. The van der Waals surface area contributed by atoms with Gasteiger partial charge in [0.25, 0.3) is 5.91 Å². The van der Waals surface area contributed by atoms with E-state index in [1.807, 2.05) is 36.1 Å². The molecule has 5 rings (SSSR count). The Hall–Kier alpha value is -3.48. The van der Waals surface area contributed by atoms with Crippen molar-refractivity contribution in [1.82, 2.24) is 19.6 Å². The molecule has 1 aliphatic heterocycles. The van der Waals surface area contributed by atoms with Crippen LogP contribution in [0.4, 0.5) is 4.39 Å². The predicted molar refractivity (Wildman–Crippen MR) is 124 cm³/mol. The van der Waals surface area contributed by atoms with Crippen LogP contribution >= 0.6 is 0 Å². The van der Waals surface area contributed by atoms with Crippen LogP contribution in [0.15, 0.2) is 54.7 Å². The number of carbonyl (C=O) groups is 2. The normalized spacial score (nSPS) is 16.5. The number of aryl methyl sites for hydroxylation is 1. The topological polar surface area (TPSA) is 58.4 Å². The smallest absolute Gasteiger partial charge is 0.257 e. The van der Waals surface area contributed by atoms with Gasteiger partial charge in [-0.2, -0.15) is 5.10 Å². The number of halogens is 1. The molecule has 2 fully saturated rings. The second-order valence-electron chi connectivity index (χ2n) is 8.92. The average molecular weight is 447 g/mol. The van der Waals surface area contributed by atoms with Crippen molar-refractivity contribution in [3.8, 4) is 16.9 Å². The Morgan fingerprint density at radius 2 is 1.55 bits per heavy atom. The molecule has 2 amide bonds. The van der Waals surface area contributed by atoms with E-state index >= 15 is 0 Å². The minimum Gasteiger partial charge on any atom is -0.339 e. The van der Waals surface area contributed by atoms with Crippen molar-refractivity contribution in [2.45, 2.75) is 26.2 Å². The van der Waals surface area contributed by atoms with Crippen LogP contribution < -0.4 is 0 Å². The van der Waals surface area contributed by atoms with E-state index in [4.69, 9.17) is 5.10 Å². The average Bonchev–Trinajstić information content (AvgIpc) is 3.24. The Morgan fingerprint density at radius 3 is 2.15 bits per heavy atom. The second-order valence-corrected chi connectivity index (χ2v) is 8.92. The van der Waals surface area contributed by atoms with Crippen molar-refractivity contribution >= 4 is 11.8 Å².